The number of ketones is 2. The predicted molar refractivity (Wildman–Crippen MR) is 135 cm³/mol. The highest BCUT2D eigenvalue weighted by Gasteiger charge is 2.68. The maximum atomic E-state index is 13.4. The van der Waals surface area contributed by atoms with Gasteiger partial charge < -0.3 is 14.9 Å². The molecular weight excluding hydrogens is 512 g/mol. The Balaban J connectivity index is 1.34. The Kier molecular flexibility index (Phi) is 6.34. The number of aliphatic hydroxyl groups excluding tert-OH is 1. The largest absolute Gasteiger partial charge is 0.454 e. The van der Waals surface area contributed by atoms with E-state index in [1.807, 2.05) is 19.9 Å². The van der Waals surface area contributed by atoms with Crippen molar-refractivity contribution >= 4 is 27.7 Å². The Morgan fingerprint density at radius 2 is 1.92 bits per heavy atom. The van der Waals surface area contributed by atoms with Crippen molar-refractivity contribution in [2.24, 2.45) is 28.6 Å². The van der Waals surface area contributed by atoms with Crippen molar-refractivity contribution in [2.75, 3.05) is 6.61 Å². The summed E-state index contributed by atoms with van der Waals surface area (Å²) in [5, 5.41) is 23.2. The van der Waals surface area contributed by atoms with E-state index in [-0.39, 0.29) is 41.9 Å². The van der Waals surface area contributed by atoms with Crippen molar-refractivity contribution in [3.05, 3.63) is 53.6 Å². The van der Waals surface area contributed by atoms with Crippen LogP contribution in [0.15, 0.2) is 53.0 Å². The molecule has 0 radical (unpaired) electrons. The van der Waals surface area contributed by atoms with E-state index in [1.165, 1.54) is 12.1 Å². The topological polar surface area (TPSA) is 155 Å². The zero-order valence-electron chi connectivity index (χ0n) is 21.3. The number of allylic oxidation sites excluding steroid dienone is 4. The summed E-state index contributed by atoms with van der Waals surface area (Å²) in [4.78, 5) is 37.4. The van der Waals surface area contributed by atoms with Crippen LogP contribution in [0.25, 0.3) is 0 Å². The van der Waals surface area contributed by atoms with Crippen LogP contribution >= 0.6 is 0 Å². The first-order valence-electron chi connectivity index (χ1n) is 12.8. The van der Waals surface area contributed by atoms with Crippen molar-refractivity contribution in [3.63, 3.8) is 0 Å². The van der Waals surface area contributed by atoms with Gasteiger partial charge in [0.05, 0.1) is 16.6 Å². The number of ether oxygens (including phenoxy) is 1. The highest BCUT2D eigenvalue weighted by molar-refractivity contribution is 7.85. The molecule has 0 saturated heterocycles. The smallest absolute Gasteiger partial charge is 0.338 e. The zero-order chi connectivity index (χ0) is 27.7. The molecule has 0 aliphatic heterocycles. The number of carbonyl (C=O) groups excluding carboxylic acids is 3. The fraction of sp³-hybridized carbons (Fsp3) is 0.536. The number of rotatable bonds is 5. The molecule has 3 saturated carbocycles. The Morgan fingerprint density at radius 1 is 1.18 bits per heavy atom. The molecule has 1 aromatic carbocycles. The molecule has 10 heteroatoms. The van der Waals surface area contributed by atoms with E-state index in [4.69, 9.17) is 4.74 Å². The molecule has 204 valence electrons. The Hall–Kier alpha value is -2.66. The number of carbonyl (C=O) groups is 3. The van der Waals surface area contributed by atoms with Crippen LogP contribution < -0.4 is 0 Å². The van der Waals surface area contributed by atoms with Gasteiger partial charge in [-0.2, -0.15) is 8.42 Å². The van der Waals surface area contributed by atoms with Crippen molar-refractivity contribution in [1.29, 1.82) is 0 Å². The SMILES string of the molecule is C[C@]12C[C@H](O)[C@H]3[C@@H](CCC4=CC(=O)C=C[C@]43C)[C@@H]1CC[C@]2(O)C(=O)COC(=O)c1cccc(S(=O)(=O)O)c1. The molecule has 1 aromatic rings. The summed E-state index contributed by atoms with van der Waals surface area (Å²) in [7, 11) is -4.53. The van der Waals surface area contributed by atoms with Crippen LogP contribution in [0.1, 0.15) is 56.3 Å². The number of benzene rings is 1. The summed E-state index contributed by atoms with van der Waals surface area (Å²) in [6.07, 6.45) is 6.71. The third-order valence-electron chi connectivity index (χ3n) is 9.81. The van der Waals surface area contributed by atoms with Crippen molar-refractivity contribution in [1.82, 2.24) is 0 Å². The molecule has 9 nitrogen and oxygen atoms in total. The van der Waals surface area contributed by atoms with Gasteiger partial charge in [-0.1, -0.05) is 31.6 Å². The lowest BCUT2D eigenvalue weighted by atomic mass is 9.46. The fourth-order valence-corrected chi connectivity index (χ4v) is 8.43. The second kappa shape index (κ2) is 8.94. The van der Waals surface area contributed by atoms with Crippen LogP contribution in [-0.2, 0) is 24.4 Å². The first kappa shape index (κ1) is 26.9. The molecule has 0 aromatic heterocycles. The molecule has 0 amide bonds. The predicted octanol–water partition coefficient (Wildman–Crippen LogP) is 2.67. The molecule has 0 heterocycles. The molecule has 0 bridgehead atoms. The van der Waals surface area contributed by atoms with Crippen molar-refractivity contribution in [3.8, 4) is 0 Å². The van der Waals surface area contributed by atoms with E-state index in [0.29, 0.717) is 12.8 Å². The maximum Gasteiger partial charge on any atom is 0.338 e. The highest BCUT2D eigenvalue weighted by atomic mass is 32.2. The molecular formula is C28H32O9S. The van der Waals surface area contributed by atoms with E-state index in [1.54, 1.807) is 12.2 Å². The van der Waals surface area contributed by atoms with E-state index in [0.717, 1.165) is 24.1 Å². The number of Topliss-reactive ketones (excluding diaryl/α,β-unsaturated/α-hetero) is 1. The molecule has 4 aliphatic carbocycles. The van der Waals surface area contributed by atoms with Gasteiger partial charge in [-0.3, -0.25) is 14.1 Å². The summed E-state index contributed by atoms with van der Waals surface area (Å²) in [5.41, 5.74) is -2.36. The highest BCUT2D eigenvalue weighted by Crippen LogP contribution is 2.67. The van der Waals surface area contributed by atoms with Crippen LogP contribution in [0.3, 0.4) is 0 Å². The van der Waals surface area contributed by atoms with Crippen LogP contribution in [0.2, 0.25) is 0 Å². The van der Waals surface area contributed by atoms with Gasteiger partial charge in [0.25, 0.3) is 10.1 Å². The van der Waals surface area contributed by atoms with Gasteiger partial charge in [-0.15, -0.1) is 0 Å². The van der Waals surface area contributed by atoms with Gasteiger partial charge in [0, 0.05) is 16.7 Å². The normalized spacial score (nSPS) is 38.0. The molecule has 0 unspecified atom stereocenters. The molecule has 0 spiro atoms. The second-order valence-corrected chi connectivity index (χ2v) is 13.0. The minimum absolute atomic E-state index is 0.0382. The standard InChI is InChI=1S/C28H32O9S/c1-26-10-8-18(29)13-17(26)6-7-20-21-9-11-28(33,27(21,2)14-22(30)24(20)26)23(31)15-37-25(32)16-4-3-5-19(12-16)38(34,35)36/h3-5,8,10,12-13,20-22,24,30,33H,6-7,9,11,14-15H2,1-2H3,(H,34,35,36)/t20-,21-,22-,24+,26+,27-,28-/m0/s1. The number of hydrogen-bond acceptors (Lipinski definition) is 8. The van der Waals surface area contributed by atoms with Gasteiger partial charge >= 0.3 is 5.97 Å². The number of aliphatic hydroxyl groups is 2. The Bertz CT molecular complexity index is 1380. The monoisotopic (exact) mass is 544 g/mol. The maximum absolute atomic E-state index is 13.4. The molecule has 3 N–H and O–H groups in total. The second-order valence-electron chi connectivity index (χ2n) is 11.6. The first-order valence-corrected chi connectivity index (χ1v) is 14.3. The minimum atomic E-state index is -4.53. The quantitative estimate of drug-likeness (QED) is 0.375. The summed E-state index contributed by atoms with van der Waals surface area (Å²) in [6, 6.07) is 4.62. The third kappa shape index (κ3) is 4.00. The molecule has 4 aliphatic rings. The van der Waals surface area contributed by atoms with Crippen LogP contribution in [0.5, 0.6) is 0 Å². The lowest BCUT2D eigenvalue weighted by Crippen LogP contribution is -2.61. The fourth-order valence-electron chi connectivity index (χ4n) is 7.91. The number of hydrogen-bond donors (Lipinski definition) is 3. The average molecular weight is 545 g/mol. The first-order chi connectivity index (χ1) is 17.7. The van der Waals surface area contributed by atoms with Crippen molar-refractivity contribution in [2.45, 2.75) is 62.6 Å². The zero-order valence-corrected chi connectivity index (χ0v) is 22.1. The van der Waals surface area contributed by atoms with Crippen LogP contribution in [0.4, 0.5) is 0 Å². The number of esters is 1. The van der Waals surface area contributed by atoms with Crippen molar-refractivity contribution < 1.29 is 42.3 Å². The van der Waals surface area contributed by atoms with Gasteiger partial charge in [0.15, 0.2) is 12.4 Å². The van der Waals surface area contributed by atoms with Gasteiger partial charge in [0.2, 0.25) is 5.78 Å². The van der Waals surface area contributed by atoms with Gasteiger partial charge in [0.1, 0.15) is 5.60 Å². The molecule has 7 atom stereocenters. The Labute approximate surface area is 221 Å². The lowest BCUT2D eigenvalue weighted by Gasteiger charge is -2.59. The minimum Gasteiger partial charge on any atom is -0.454 e. The summed E-state index contributed by atoms with van der Waals surface area (Å²) >= 11 is 0. The van der Waals surface area contributed by atoms with E-state index in [9.17, 15) is 37.6 Å². The van der Waals surface area contributed by atoms with Crippen LogP contribution in [0, 0.1) is 28.6 Å². The van der Waals surface area contributed by atoms with E-state index in [2.05, 4.69) is 0 Å². The lowest BCUT2D eigenvalue weighted by molar-refractivity contribution is -0.178. The van der Waals surface area contributed by atoms with E-state index < -0.39 is 55.9 Å². The molecule has 5 rings (SSSR count). The summed E-state index contributed by atoms with van der Waals surface area (Å²) < 4.78 is 37.1. The average Bonchev–Trinajstić information content (AvgIpc) is 3.13. The van der Waals surface area contributed by atoms with Crippen LogP contribution in [-0.4, -0.2) is 59.0 Å². The third-order valence-corrected chi connectivity index (χ3v) is 10.7. The Morgan fingerprint density at radius 3 is 2.63 bits per heavy atom. The van der Waals surface area contributed by atoms with E-state index >= 15 is 0 Å². The summed E-state index contributed by atoms with van der Waals surface area (Å²) in [5.74, 6) is -1.83. The molecule has 3 fully saturated rings. The molecule has 38 heavy (non-hydrogen) atoms. The number of fused-ring (bicyclic) bond motifs is 5. The van der Waals surface area contributed by atoms with Gasteiger partial charge in [-0.25, -0.2) is 4.79 Å². The van der Waals surface area contributed by atoms with Gasteiger partial charge in [-0.05, 0) is 74.3 Å². The summed E-state index contributed by atoms with van der Waals surface area (Å²) in [6.45, 7) is 3.16.